The molecule has 3 nitrogen and oxygen atoms in total. The summed E-state index contributed by atoms with van der Waals surface area (Å²) < 4.78 is 0. The minimum absolute atomic E-state index is 0.176. The molecule has 0 aromatic heterocycles. The van der Waals surface area contributed by atoms with E-state index in [1.807, 2.05) is 13.8 Å². The van der Waals surface area contributed by atoms with E-state index in [9.17, 15) is 4.79 Å². The molecule has 1 saturated heterocycles. The number of hydrogen-bond donors (Lipinski definition) is 2. The fourth-order valence-electron chi connectivity index (χ4n) is 2.02. The van der Waals surface area contributed by atoms with Gasteiger partial charge >= 0.3 is 0 Å². The lowest BCUT2D eigenvalue weighted by molar-refractivity contribution is -0.129. The summed E-state index contributed by atoms with van der Waals surface area (Å²) in [4.78, 5) is 11.9. The predicted molar refractivity (Wildman–Crippen MR) is 67.3 cm³/mol. The summed E-state index contributed by atoms with van der Waals surface area (Å²) in [5.74, 6) is 0.176. The Kier molecular flexibility index (Phi) is 4.78. The molecule has 0 aromatic rings. The highest BCUT2D eigenvalue weighted by Crippen LogP contribution is 2.19. The van der Waals surface area contributed by atoms with Crippen LogP contribution in [0, 0.1) is 5.41 Å². The molecule has 2 N–H and O–H groups in total. The molecule has 0 bridgehead atoms. The normalized spacial score (nSPS) is 26.5. The van der Waals surface area contributed by atoms with Gasteiger partial charge in [0.2, 0.25) is 5.91 Å². The van der Waals surface area contributed by atoms with Crippen LogP contribution in [0.5, 0.6) is 0 Å². The molecule has 1 aliphatic heterocycles. The van der Waals surface area contributed by atoms with Crippen LogP contribution in [0.3, 0.4) is 0 Å². The van der Waals surface area contributed by atoms with E-state index in [2.05, 4.69) is 24.5 Å². The van der Waals surface area contributed by atoms with Crippen LogP contribution in [0.1, 0.15) is 53.4 Å². The third-order valence-electron chi connectivity index (χ3n) is 3.72. The highest BCUT2D eigenvalue weighted by molar-refractivity contribution is 5.81. The summed E-state index contributed by atoms with van der Waals surface area (Å²) in [6.45, 7) is 9.04. The maximum atomic E-state index is 11.9. The van der Waals surface area contributed by atoms with Gasteiger partial charge in [-0.15, -0.1) is 0 Å². The fourth-order valence-corrected chi connectivity index (χ4v) is 2.02. The van der Waals surface area contributed by atoms with E-state index in [4.69, 9.17) is 0 Å². The van der Waals surface area contributed by atoms with Gasteiger partial charge in [0.25, 0.3) is 0 Å². The molecule has 1 amide bonds. The number of rotatable bonds is 4. The number of amides is 1. The van der Waals surface area contributed by atoms with Crippen molar-refractivity contribution in [2.24, 2.45) is 5.41 Å². The molecule has 94 valence electrons. The second-order valence-electron chi connectivity index (χ2n) is 5.64. The molecule has 1 heterocycles. The first-order chi connectivity index (χ1) is 7.45. The molecular weight excluding hydrogens is 200 g/mol. The van der Waals surface area contributed by atoms with Crippen LogP contribution in [0.2, 0.25) is 0 Å². The van der Waals surface area contributed by atoms with E-state index in [1.165, 1.54) is 19.3 Å². The summed E-state index contributed by atoms with van der Waals surface area (Å²) in [7, 11) is 0. The van der Waals surface area contributed by atoms with Gasteiger partial charge in [-0.3, -0.25) is 4.79 Å². The number of carbonyl (C=O) groups excluding carboxylic acids is 1. The maximum absolute atomic E-state index is 11.9. The zero-order valence-corrected chi connectivity index (χ0v) is 11.1. The van der Waals surface area contributed by atoms with Gasteiger partial charge in [0.1, 0.15) is 0 Å². The molecule has 3 heteroatoms. The molecule has 0 saturated carbocycles. The largest absolute Gasteiger partial charge is 0.354 e. The van der Waals surface area contributed by atoms with Crippen LogP contribution < -0.4 is 10.6 Å². The lowest BCUT2D eigenvalue weighted by atomic mass is 9.89. The Morgan fingerprint density at radius 3 is 2.69 bits per heavy atom. The van der Waals surface area contributed by atoms with Gasteiger partial charge in [-0.1, -0.05) is 27.2 Å². The van der Waals surface area contributed by atoms with Crippen LogP contribution in [0.4, 0.5) is 0 Å². The second kappa shape index (κ2) is 5.67. The van der Waals surface area contributed by atoms with Crippen molar-refractivity contribution in [1.82, 2.24) is 10.6 Å². The van der Waals surface area contributed by atoms with Crippen LogP contribution in [0.25, 0.3) is 0 Å². The Bertz CT molecular complexity index is 238. The Balaban J connectivity index is 2.31. The van der Waals surface area contributed by atoms with Crippen molar-refractivity contribution in [2.75, 3.05) is 6.54 Å². The Hall–Kier alpha value is -0.570. The molecule has 1 fully saturated rings. The maximum Gasteiger partial charge on any atom is 0.225 e. The standard InChI is InChI=1S/C13H26N2O/c1-5-13(3,4)12(16)14-9-11-8-6-7-10(2)15-11/h10-11,15H,5-9H2,1-4H3,(H,14,16). The van der Waals surface area contributed by atoms with E-state index in [1.54, 1.807) is 0 Å². The molecule has 0 aliphatic carbocycles. The van der Waals surface area contributed by atoms with E-state index < -0.39 is 0 Å². The Labute approximate surface area is 99.4 Å². The third-order valence-corrected chi connectivity index (χ3v) is 3.72. The highest BCUT2D eigenvalue weighted by Gasteiger charge is 2.26. The first kappa shape index (κ1) is 13.5. The molecule has 1 aliphatic rings. The zero-order valence-electron chi connectivity index (χ0n) is 11.1. The summed E-state index contributed by atoms with van der Waals surface area (Å²) in [5, 5.41) is 6.59. The summed E-state index contributed by atoms with van der Waals surface area (Å²) in [6.07, 6.45) is 4.58. The number of piperidine rings is 1. The van der Waals surface area contributed by atoms with Crippen molar-refractivity contribution in [2.45, 2.75) is 65.5 Å². The van der Waals surface area contributed by atoms with Crippen LogP contribution >= 0.6 is 0 Å². The smallest absolute Gasteiger partial charge is 0.225 e. The number of nitrogens with one attached hydrogen (secondary N) is 2. The van der Waals surface area contributed by atoms with Crippen molar-refractivity contribution in [3.8, 4) is 0 Å². The van der Waals surface area contributed by atoms with E-state index >= 15 is 0 Å². The monoisotopic (exact) mass is 226 g/mol. The molecular formula is C13H26N2O. The van der Waals surface area contributed by atoms with Gasteiger partial charge < -0.3 is 10.6 Å². The SMILES string of the molecule is CCC(C)(C)C(=O)NCC1CCCC(C)N1. The Morgan fingerprint density at radius 2 is 2.12 bits per heavy atom. The first-order valence-electron chi connectivity index (χ1n) is 6.50. The van der Waals surface area contributed by atoms with Crippen molar-refractivity contribution in [3.63, 3.8) is 0 Å². The highest BCUT2D eigenvalue weighted by atomic mass is 16.2. The van der Waals surface area contributed by atoms with Crippen LogP contribution in [-0.2, 0) is 4.79 Å². The molecule has 0 spiro atoms. The van der Waals surface area contributed by atoms with Crippen molar-refractivity contribution < 1.29 is 4.79 Å². The van der Waals surface area contributed by atoms with Gasteiger partial charge in [0.15, 0.2) is 0 Å². The first-order valence-corrected chi connectivity index (χ1v) is 6.50. The lowest BCUT2D eigenvalue weighted by Crippen LogP contribution is -2.49. The minimum atomic E-state index is -0.236. The minimum Gasteiger partial charge on any atom is -0.354 e. The summed E-state index contributed by atoms with van der Waals surface area (Å²) >= 11 is 0. The average Bonchev–Trinajstić information content (AvgIpc) is 2.26. The van der Waals surface area contributed by atoms with E-state index in [0.29, 0.717) is 12.1 Å². The Morgan fingerprint density at radius 1 is 1.44 bits per heavy atom. The second-order valence-corrected chi connectivity index (χ2v) is 5.64. The predicted octanol–water partition coefficient (Wildman–Crippen LogP) is 2.07. The average molecular weight is 226 g/mol. The van der Waals surface area contributed by atoms with Gasteiger partial charge in [0.05, 0.1) is 0 Å². The zero-order chi connectivity index (χ0) is 12.2. The van der Waals surface area contributed by atoms with Crippen molar-refractivity contribution in [1.29, 1.82) is 0 Å². The third kappa shape index (κ3) is 3.78. The number of carbonyl (C=O) groups is 1. The molecule has 16 heavy (non-hydrogen) atoms. The van der Waals surface area contributed by atoms with Gasteiger partial charge in [0, 0.05) is 24.0 Å². The van der Waals surface area contributed by atoms with Gasteiger partial charge in [-0.2, -0.15) is 0 Å². The number of hydrogen-bond acceptors (Lipinski definition) is 2. The van der Waals surface area contributed by atoms with Crippen LogP contribution in [0.15, 0.2) is 0 Å². The van der Waals surface area contributed by atoms with E-state index in [-0.39, 0.29) is 11.3 Å². The molecule has 0 aromatic carbocycles. The van der Waals surface area contributed by atoms with Crippen molar-refractivity contribution in [3.05, 3.63) is 0 Å². The van der Waals surface area contributed by atoms with Crippen LogP contribution in [-0.4, -0.2) is 24.5 Å². The van der Waals surface area contributed by atoms with E-state index in [0.717, 1.165) is 13.0 Å². The van der Waals surface area contributed by atoms with Crippen molar-refractivity contribution >= 4 is 5.91 Å². The summed E-state index contributed by atoms with van der Waals surface area (Å²) in [6, 6.07) is 1.05. The quantitative estimate of drug-likeness (QED) is 0.770. The molecule has 1 rings (SSSR count). The molecule has 2 unspecified atom stereocenters. The topological polar surface area (TPSA) is 41.1 Å². The lowest BCUT2D eigenvalue weighted by Gasteiger charge is -2.30. The molecule has 2 atom stereocenters. The molecule has 0 radical (unpaired) electrons. The van der Waals surface area contributed by atoms with Gasteiger partial charge in [-0.25, -0.2) is 0 Å². The van der Waals surface area contributed by atoms with Gasteiger partial charge in [-0.05, 0) is 26.2 Å². The fraction of sp³-hybridized carbons (Fsp3) is 0.923. The summed E-state index contributed by atoms with van der Waals surface area (Å²) in [5.41, 5.74) is -0.236.